The van der Waals surface area contributed by atoms with E-state index in [4.69, 9.17) is 5.21 Å². The van der Waals surface area contributed by atoms with E-state index in [1.54, 1.807) is 0 Å². The summed E-state index contributed by atoms with van der Waals surface area (Å²) < 4.78 is 0. The van der Waals surface area contributed by atoms with Crippen molar-refractivity contribution in [2.24, 2.45) is 5.16 Å². The summed E-state index contributed by atoms with van der Waals surface area (Å²) in [6, 6.07) is 0. The van der Waals surface area contributed by atoms with Crippen molar-refractivity contribution in [2.45, 2.75) is 11.7 Å². The van der Waals surface area contributed by atoms with Crippen LogP contribution in [0.2, 0.25) is 0 Å². The molecule has 1 atom stereocenters. The number of carbonyl (C=O) groups excluding carboxylic acids is 2. The first kappa shape index (κ1) is 10.8. The van der Waals surface area contributed by atoms with E-state index in [0.29, 0.717) is 11.8 Å². The van der Waals surface area contributed by atoms with Crippen molar-refractivity contribution in [1.82, 2.24) is 0 Å². The van der Waals surface area contributed by atoms with Gasteiger partial charge in [-0.05, 0) is 0 Å². The van der Waals surface area contributed by atoms with Gasteiger partial charge < -0.3 is 25.0 Å². The highest BCUT2D eigenvalue weighted by Gasteiger charge is 2.09. The molecule has 0 heterocycles. The maximum absolute atomic E-state index is 10.2. The third kappa shape index (κ3) is 4.56. The third-order valence-electron chi connectivity index (χ3n) is 0.887. The van der Waals surface area contributed by atoms with E-state index in [0.717, 1.165) is 5.55 Å². The molecule has 0 unspecified atom stereocenters. The number of hydrogen-bond acceptors (Lipinski definition) is 7. The second-order valence-corrected chi connectivity index (χ2v) is 2.79. The number of thioether (sulfide) groups is 1. The molecular weight excluding hydrogens is 186 g/mol. The van der Waals surface area contributed by atoms with Crippen molar-refractivity contribution < 1.29 is 25.0 Å². The number of carbonyl (C=O) groups is 2. The molecule has 0 aliphatic heterocycles. The van der Waals surface area contributed by atoms with Crippen LogP contribution in [0.5, 0.6) is 0 Å². The molecule has 0 bridgehead atoms. The summed E-state index contributed by atoms with van der Waals surface area (Å²) in [6.45, 7) is 0. The Morgan fingerprint density at radius 1 is 1.58 bits per heavy atom. The molecule has 12 heavy (non-hydrogen) atoms. The highest BCUT2D eigenvalue weighted by molar-refractivity contribution is 8.13. The van der Waals surface area contributed by atoms with Crippen LogP contribution in [0, 0.1) is 0 Å². The van der Waals surface area contributed by atoms with E-state index in [-0.39, 0.29) is 0 Å². The summed E-state index contributed by atoms with van der Waals surface area (Å²) in [5.41, 5.74) is 0.809. The number of carboxylic acids is 2. The van der Waals surface area contributed by atoms with Crippen molar-refractivity contribution in [3.63, 3.8) is 0 Å². The number of aliphatic carboxylic acids is 2. The summed E-state index contributed by atoms with van der Waals surface area (Å²) >= 11 is 0.533. The summed E-state index contributed by atoms with van der Waals surface area (Å²) in [5, 5.41) is 29.2. The molecule has 6 nitrogen and oxygen atoms in total. The zero-order valence-corrected chi connectivity index (χ0v) is 6.61. The fourth-order valence-corrected chi connectivity index (χ4v) is 0.984. The topological polar surface area (TPSA) is 113 Å². The van der Waals surface area contributed by atoms with Gasteiger partial charge in [-0.25, -0.2) is 0 Å². The van der Waals surface area contributed by atoms with Crippen molar-refractivity contribution in [2.75, 3.05) is 0 Å². The maximum Gasteiger partial charge on any atom is 0.0997 e. The van der Waals surface area contributed by atoms with Crippen LogP contribution >= 0.6 is 11.8 Å². The van der Waals surface area contributed by atoms with E-state index >= 15 is 0 Å². The molecule has 0 aromatic rings. The summed E-state index contributed by atoms with van der Waals surface area (Å²) in [6.07, 6.45) is -0.682. The Kier molecular flexibility index (Phi) is 4.86. The van der Waals surface area contributed by atoms with E-state index in [2.05, 4.69) is 5.16 Å². The number of oxime groups is 1. The van der Waals surface area contributed by atoms with Crippen molar-refractivity contribution in [3.8, 4) is 0 Å². The van der Waals surface area contributed by atoms with Gasteiger partial charge in [-0.2, -0.15) is 0 Å². The lowest BCUT2D eigenvalue weighted by molar-refractivity contribution is -0.314. The Labute approximate surface area is 71.9 Å². The van der Waals surface area contributed by atoms with Gasteiger partial charge in [0.25, 0.3) is 0 Å². The Hall–Kier alpha value is -1.24. The molecule has 0 rings (SSSR count). The van der Waals surface area contributed by atoms with Crippen molar-refractivity contribution >= 4 is 29.2 Å². The maximum atomic E-state index is 10.2. The Morgan fingerprint density at radius 2 is 2.17 bits per heavy atom. The van der Waals surface area contributed by atoms with Gasteiger partial charge in [-0.1, -0.05) is 5.16 Å². The lowest BCUT2D eigenvalue weighted by atomic mass is 10.3. The molecule has 0 aliphatic rings. The first-order valence-corrected chi connectivity index (χ1v) is 3.74. The average Bonchev–Trinajstić information content (AvgIpc) is 1.96. The lowest BCUT2D eigenvalue weighted by Gasteiger charge is -2.14. The van der Waals surface area contributed by atoms with Crippen LogP contribution in [0.25, 0.3) is 0 Å². The van der Waals surface area contributed by atoms with E-state index in [1.807, 2.05) is 0 Å². The second kappa shape index (κ2) is 5.42. The first-order valence-electron chi connectivity index (χ1n) is 2.80. The second-order valence-electron chi connectivity index (χ2n) is 1.74. The zero-order chi connectivity index (χ0) is 9.56. The Morgan fingerprint density at radius 3 is 2.50 bits per heavy atom. The SMILES string of the molecule is O=C([O-])C[C@@H](S/C=N/O)C(=O)[O-]. The van der Waals surface area contributed by atoms with Crippen LogP contribution < -0.4 is 10.2 Å². The molecule has 0 saturated carbocycles. The minimum absolute atomic E-state index is 0.533. The Bertz CT molecular complexity index is 204. The fourth-order valence-electron chi connectivity index (χ4n) is 0.439. The predicted molar refractivity (Wildman–Crippen MR) is 36.3 cm³/mol. The molecule has 0 aliphatic carbocycles. The van der Waals surface area contributed by atoms with Crippen LogP contribution in [0.15, 0.2) is 5.16 Å². The summed E-state index contributed by atoms with van der Waals surface area (Å²) in [4.78, 5) is 20.1. The summed E-state index contributed by atoms with van der Waals surface area (Å²) in [5.74, 6) is -3.04. The molecule has 0 saturated heterocycles. The minimum Gasteiger partial charge on any atom is -0.550 e. The van der Waals surface area contributed by atoms with Gasteiger partial charge in [-0.3, -0.25) is 0 Å². The van der Waals surface area contributed by atoms with E-state index < -0.39 is 23.6 Å². The zero-order valence-electron chi connectivity index (χ0n) is 5.80. The van der Waals surface area contributed by atoms with Gasteiger partial charge >= 0.3 is 0 Å². The molecule has 0 amide bonds. The molecule has 0 fully saturated rings. The van der Waals surface area contributed by atoms with Gasteiger partial charge in [0.05, 0.1) is 16.8 Å². The van der Waals surface area contributed by atoms with Crippen LogP contribution in [0.1, 0.15) is 6.42 Å². The minimum atomic E-state index is -1.54. The molecule has 1 N–H and O–H groups in total. The van der Waals surface area contributed by atoms with Crippen LogP contribution in [0.4, 0.5) is 0 Å². The highest BCUT2D eigenvalue weighted by Crippen LogP contribution is 2.10. The van der Waals surface area contributed by atoms with Gasteiger partial charge in [0, 0.05) is 12.4 Å². The van der Waals surface area contributed by atoms with Crippen molar-refractivity contribution in [3.05, 3.63) is 0 Å². The first-order chi connectivity index (χ1) is 5.57. The van der Waals surface area contributed by atoms with Crippen LogP contribution in [0.3, 0.4) is 0 Å². The van der Waals surface area contributed by atoms with Gasteiger partial charge in [-0.15, -0.1) is 11.8 Å². The smallest absolute Gasteiger partial charge is 0.0997 e. The quantitative estimate of drug-likeness (QED) is 0.220. The van der Waals surface area contributed by atoms with Gasteiger partial charge in [0.1, 0.15) is 0 Å². The largest absolute Gasteiger partial charge is 0.550 e. The fraction of sp³-hybridized carbons (Fsp3) is 0.400. The van der Waals surface area contributed by atoms with Gasteiger partial charge in [0.15, 0.2) is 0 Å². The van der Waals surface area contributed by atoms with Crippen LogP contribution in [-0.4, -0.2) is 27.9 Å². The van der Waals surface area contributed by atoms with Crippen LogP contribution in [-0.2, 0) is 9.59 Å². The normalized spacial score (nSPS) is 13.0. The average molecular weight is 191 g/mol. The standard InChI is InChI=1S/C5H7NO5S/c7-4(8)1-3(5(9)10)12-2-6-11/h2-3,11H,1H2,(H,7,8)(H,9,10)/p-2/b6-2+/t3-/m1/s1. The highest BCUT2D eigenvalue weighted by atomic mass is 32.2. The monoisotopic (exact) mass is 191 g/mol. The number of nitrogens with zero attached hydrogens (tertiary/aromatic N) is 1. The number of rotatable bonds is 5. The summed E-state index contributed by atoms with van der Waals surface area (Å²) in [7, 11) is 0. The predicted octanol–water partition coefficient (Wildman–Crippen LogP) is -2.60. The third-order valence-corrected chi connectivity index (χ3v) is 1.79. The molecule has 0 spiro atoms. The molecular formula is C5H5NO5S-2. The van der Waals surface area contributed by atoms with Gasteiger partial charge in [0.2, 0.25) is 0 Å². The molecule has 7 heteroatoms. The molecule has 0 radical (unpaired) electrons. The van der Waals surface area contributed by atoms with E-state index in [1.165, 1.54) is 0 Å². The molecule has 0 aromatic heterocycles. The molecule has 0 aromatic carbocycles. The van der Waals surface area contributed by atoms with Crippen molar-refractivity contribution in [1.29, 1.82) is 0 Å². The number of carboxylic acid groups (broad SMARTS) is 2. The molecule has 68 valence electrons. The lowest BCUT2D eigenvalue weighted by Crippen LogP contribution is -2.38. The van der Waals surface area contributed by atoms with E-state index in [9.17, 15) is 19.8 Å². The number of hydrogen-bond donors (Lipinski definition) is 1. The Balaban J connectivity index is 4.04.